The van der Waals surface area contributed by atoms with Crippen molar-refractivity contribution in [1.29, 1.82) is 0 Å². The number of hydrogen-bond donors (Lipinski definition) is 2. The molecule has 1 aliphatic heterocycles. The normalized spacial score (nSPS) is 15.7. The maximum Gasteiger partial charge on any atom is 0.415 e. The van der Waals surface area contributed by atoms with E-state index in [4.69, 9.17) is 14.2 Å². The lowest BCUT2D eigenvalue weighted by atomic mass is 10.0. The molecule has 6 rings (SSSR count). The van der Waals surface area contributed by atoms with Crippen LogP contribution in [-0.4, -0.2) is 73.0 Å². The summed E-state index contributed by atoms with van der Waals surface area (Å²) >= 11 is 0. The molecule has 2 N–H and O–H groups in total. The van der Waals surface area contributed by atoms with E-state index in [0.29, 0.717) is 59.8 Å². The highest BCUT2D eigenvalue weighted by atomic mass is 19.1. The number of para-hydroxylation sites is 1. The molecule has 0 radical (unpaired) electrons. The van der Waals surface area contributed by atoms with Crippen LogP contribution in [0.25, 0.3) is 10.9 Å². The summed E-state index contributed by atoms with van der Waals surface area (Å²) in [5, 5.41) is 5.96. The second-order valence-corrected chi connectivity index (χ2v) is 11.1. The predicted octanol–water partition coefficient (Wildman–Crippen LogP) is 5.28. The number of ether oxygens (including phenoxy) is 3. The number of pyridine rings is 1. The van der Waals surface area contributed by atoms with Crippen LogP contribution in [0.2, 0.25) is 0 Å². The number of fused-ring (bicyclic) bond motifs is 1. The zero-order valence-electron chi connectivity index (χ0n) is 24.8. The van der Waals surface area contributed by atoms with Gasteiger partial charge in [0.25, 0.3) is 0 Å². The number of hydrogen-bond acceptors (Lipinski definition) is 8. The van der Waals surface area contributed by atoms with Crippen molar-refractivity contribution in [2.24, 2.45) is 5.41 Å². The van der Waals surface area contributed by atoms with Crippen molar-refractivity contribution >= 4 is 40.2 Å². The largest absolute Gasteiger partial charge is 0.493 e. The molecule has 3 amide bonds. The number of nitrogens with zero attached hydrogens (tertiary/aromatic N) is 3. The maximum atomic E-state index is 14.0. The highest BCUT2D eigenvalue weighted by Crippen LogP contribution is 2.47. The molecule has 0 atom stereocenters. The van der Waals surface area contributed by atoms with Gasteiger partial charge < -0.3 is 34.6 Å². The number of piperazine rings is 1. The number of nitrogens with one attached hydrogen (secondary N) is 2. The van der Waals surface area contributed by atoms with Gasteiger partial charge in [-0.15, -0.1) is 0 Å². The quantitative estimate of drug-likeness (QED) is 0.258. The van der Waals surface area contributed by atoms with Gasteiger partial charge in [0.2, 0.25) is 11.8 Å². The first-order valence-electron chi connectivity index (χ1n) is 14.5. The molecule has 2 aliphatic rings. The summed E-state index contributed by atoms with van der Waals surface area (Å²) in [5.74, 6) is 0.0349. The first kappa shape index (κ1) is 29.8. The van der Waals surface area contributed by atoms with Gasteiger partial charge in [-0.3, -0.25) is 14.6 Å². The van der Waals surface area contributed by atoms with E-state index in [1.165, 1.54) is 25.3 Å². The smallest absolute Gasteiger partial charge is 0.415 e. The zero-order chi connectivity index (χ0) is 31.6. The van der Waals surface area contributed by atoms with Crippen LogP contribution < -0.4 is 24.8 Å². The highest BCUT2D eigenvalue weighted by molar-refractivity contribution is 6.17. The number of carbonyl (C=O) groups is 3. The lowest BCUT2D eigenvalue weighted by Crippen LogP contribution is -2.48. The van der Waals surface area contributed by atoms with Gasteiger partial charge in [0.15, 0.2) is 11.5 Å². The topological polar surface area (TPSA) is 122 Å². The molecule has 1 aliphatic carbocycles. The van der Waals surface area contributed by atoms with Crippen LogP contribution in [0, 0.1) is 11.2 Å². The summed E-state index contributed by atoms with van der Waals surface area (Å²) < 4.78 is 31.4. The monoisotopic (exact) mass is 613 g/mol. The molecule has 0 unspecified atom stereocenters. The van der Waals surface area contributed by atoms with E-state index < -0.39 is 29.1 Å². The third kappa shape index (κ3) is 6.36. The van der Waals surface area contributed by atoms with Gasteiger partial charge in [0.1, 0.15) is 22.7 Å². The van der Waals surface area contributed by atoms with E-state index in [9.17, 15) is 18.8 Å². The van der Waals surface area contributed by atoms with Crippen LogP contribution in [-0.2, 0) is 9.59 Å². The van der Waals surface area contributed by atoms with Crippen LogP contribution in [0.3, 0.4) is 0 Å². The molecule has 232 valence electrons. The van der Waals surface area contributed by atoms with Crippen LogP contribution in [0.1, 0.15) is 12.8 Å². The fourth-order valence-electron chi connectivity index (χ4n) is 5.08. The van der Waals surface area contributed by atoms with Gasteiger partial charge in [-0.1, -0.05) is 12.1 Å². The van der Waals surface area contributed by atoms with E-state index in [0.717, 1.165) is 13.1 Å². The van der Waals surface area contributed by atoms with E-state index in [2.05, 4.69) is 20.5 Å². The first-order chi connectivity index (χ1) is 21.8. The van der Waals surface area contributed by atoms with Crippen LogP contribution in [0.15, 0.2) is 72.9 Å². The van der Waals surface area contributed by atoms with Gasteiger partial charge in [0.05, 0.1) is 18.3 Å². The van der Waals surface area contributed by atoms with Crippen LogP contribution >= 0.6 is 0 Å². The van der Waals surface area contributed by atoms with E-state index >= 15 is 0 Å². The van der Waals surface area contributed by atoms with Crippen molar-refractivity contribution in [3.8, 4) is 23.0 Å². The van der Waals surface area contributed by atoms with Crippen molar-refractivity contribution in [1.82, 2.24) is 14.8 Å². The summed E-state index contributed by atoms with van der Waals surface area (Å²) in [6.07, 6.45) is 1.89. The number of carbonyl (C=O) groups excluding carboxylic acids is 3. The average molecular weight is 614 g/mol. The van der Waals surface area contributed by atoms with Gasteiger partial charge >= 0.3 is 6.09 Å². The third-order valence-corrected chi connectivity index (χ3v) is 8.03. The second kappa shape index (κ2) is 12.4. The second-order valence-electron chi connectivity index (χ2n) is 11.1. The van der Waals surface area contributed by atoms with E-state index in [1.807, 2.05) is 7.05 Å². The fraction of sp³-hybridized carbons (Fsp3) is 0.273. The molecule has 12 heteroatoms. The van der Waals surface area contributed by atoms with E-state index in [-0.39, 0.29) is 11.4 Å². The Morgan fingerprint density at radius 2 is 1.58 bits per heavy atom. The molecule has 3 aromatic carbocycles. The Kier molecular flexibility index (Phi) is 8.22. The molecular formula is C33H32FN5O6. The number of methoxy groups -OCH3 is 1. The van der Waals surface area contributed by atoms with Crippen molar-refractivity contribution in [3.63, 3.8) is 0 Å². The third-order valence-electron chi connectivity index (χ3n) is 8.03. The number of halogens is 1. The standard InChI is InChI=1S/C33H32FN5O6/c1-38-15-17-39(18-16-38)32(42)45-29-20-26-23(19-28(29)43-2)27(11-14-35-26)44-22-9-7-21(8-10-22)36-30(40)33(12-13-33)31(41)37-25-6-4-3-5-24(25)34/h3-11,14,19-20H,12-13,15-18H2,1-2H3,(H,36,40)(H,37,41). The number of rotatable bonds is 8. The van der Waals surface area contributed by atoms with Crippen molar-refractivity contribution in [2.45, 2.75) is 12.8 Å². The molecule has 11 nitrogen and oxygen atoms in total. The SMILES string of the molecule is COc1cc2c(Oc3ccc(NC(=O)C4(C(=O)Nc5ccccc5F)CC4)cc3)ccnc2cc1OC(=O)N1CCN(C)CC1. The van der Waals surface area contributed by atoms with Crippen molar-refractivity contribution in [2.75, 3.05) is 51.0 Å². The zero-order valence-corrected chi connectivity index (χ0v) is 24.8. The average Bonchev–Trinajstić information content (AvgIpc) is 3.86. The molecule has 2 heterocycles. The fourth-order valence-corrected chi connectivity index (χ4v) is 5.08. The number of likely N-dealkylation sites (N-methyl/N-ethyl adjacent to an activating group) is 1. The molecular weight excluding hydrogens is 581 g/mol. The predicted molar refractivity (Wildman–Crippen MR) is 165 cm³/mol. The van der Waals surface area contributed by atoms with Gasteiger partial charge in [-0.2, -0.15) is 0 Å². The van der Waals surface area contributed by atoms with Crippen molar-refractivity contribution < 1.29 is 33.0 Å². The number of aromatic nitrogens is 1. The lowest BCUT2D eigenvalue weighted by molar-refractivity contribution is -0.131. The number of benzene rings is 3. The minimum Gasteiger partial charge on any atom is -0.493 e. The summed E-state index contributed by atoms with van der Waals surface area (Å²) in [7, 11) is 3.50. The Morgan fingerprint density at radius 3 is 2.27 bits per heavy atom. The van der Waals surface area contributed by atoms with Gasteiger partial charge in [0, 0.05) is 49.5 Å². The summed E-state index contributed by atoms with van der Waals surface area (Å²) in [4.78, 5) is 46.9. The van der Waals surface area contributed by atoms with Crippen molar-refractivity contribution in [3.05, 3.63) is 78.7 Å². The Labute approximate surface area is 258 Å². The Hall–Kier alpha value is -5.23. The molecule has 1 aromatic heterocycles. The summed E-state index contributed by atoms with van der Waals surface area (Å²) in [6.45, 7) is 2.70. The molecule has 45 heavy (non-hydrogen) atoms. The highest BCUT2D eigenvalue weighted by Gasteiger charge is 2.56. The first-order valence-corrected chi connectivity index (χ1v) is 14.5. The van der Waals surface area contributed by atoms with Gasteiger partial charge in [-0.25, -0.2) is 9.18 Å². The van der Waals surface area contributed by atoms with Crippen LogP contribution in [0.4, 0.5) is 20.6 Å². The minimum atomic E-state index is -1.25. The number of anilines is 2. The molecule has 1 saturated carbocycles. The van der Waals surface area contributed by atoms with Gasteiger partial charge in [-0.05, 0) is 68.4 Å². The Balaban J connectivity index is 1.12. The minimum absolute atomic E-state index is 0.0345. The van der Waals surface area contributed by atoms with E-state index in [1.54, 1.807) is 59.6 Å². The molecule has 0 bridgehead atoms. The Morgan fingerprint density at radius 1 is 0.867 bits per heavy atom. The molecule has 2 fully saturated rings. The lowest BCUT2D eigenvalue weighted by Gasteiger charge is -2.31. The Bertz CT molecular complexity index is 1750. The summed E-state index contributed by atoms with van der Waals surface area (Å²) in [6, 6.07) is 17.6. The summed E-state index contributed by atoms with van der Waals surface area (Å²) in [5.41, 5.74) is -0.191. The molecule has 0 spiro atoms. The number of amides is 3. The molecule has 1 saturated heterocycles. The van der Waals surface area contributed by atoms with Crippen LogP contribution in [0.5, 0.6) is 23.0 Å². The maximum absolute atomic E-state index is 14.0. The molecule has 4 aromatic rings.